The predicted octanol–water partition coefficient (Wildman–Crippen LogP) is 1.14. The van der Waals surface area contributed by atoms with Gasteiger partial charge in [-0.05, 0) is 38.5 Å². The van der Waals surface area contributed by atoms with Crippen LogP contribution in [0.15, 0.2) is 30.3 Å². The first kappa shape index (κ1) is 15.5. The summed E-state index contributed by atoms with van der Waals surface area (Å²) in [6.07, 6.45) is 1.90. The molecule has 1 atom stereocenters. The number of rotatable bonds is 5. The molecule has 1 saturated heterocycles. The molecule has 2 rings (SSSR count). The second-order valence-electron chi connectivity index (χ2n) is 5.67. The van der Waals surface area contributed by atoms with Crippen LogP contribution < -0.4 is 5.32 Å². The monoisotopic (exact) mass is 290 g/mol. The van der Waals surface area contributed by atoms with Gasteiger partial charge < -0.3 is 15.3 Å². The van der Waals surface area contributed by atoms with Gasteiger partial charge in [-0.25, -0.2) is 4.79 Å². The third-order valence-electron chi connectivity index (χ3n) is 3.99. The predicted molar refractivity (Wildman–Crippen MR) is 79.9 cm³/mol. The number of carbonyl (C=O) groups is 2. The Morgan fingerprint density at radius 3 is 2.48 bits per heavy atom. The summed E-state index contributed by atoms with van der Waals surface area (Å²) in [5.74, 6) is -1.19. The zero-order chi connectivity index (χ0) is 15.2. The van der Waals surface area contributed by atoms with Gasteiger partial charge >= 0.3 is 5.97 Å². The summed E-state index contributed by atoms with van der Waals surface area (Å²) in [4.78, 5) is 25.8. The van der Waals surface area contributed by atoms with Gasteiger partial charge in [-0.1, -0.05) is 30.3 Å². The fourth-order valence-corrected chi connectivity index (χ4v) is 2.61. The molecule has 0 aromatic heterocycles. The zero-order valence-electron chi connectivity index (χ0n) is 12.3. The molecule has 1 aromatic carbocycles. The molecule has 1 amide bonds. The molecule has 114 valence electrons. The summed E-state index contributed by atoms with van der Waals surface area (Å²) in [7, 11) is 2.03. The average molecular weight is 290 g/mol. The Kier molecular flexibility index (Phi) is 5.33. The topological polar surface area (TPSA) is 69.6 Å². The van der Waals surface area contributed by atoms with Gasteiger partial charge in [0.05, 0.1) is 0 Å². The summed E-state index contributed by atoms with van der Waals surface area (Å²) in [6.45, 7) is 1.77. The first-order valence-corrected chi connectivity index (χ1v) is 7.32. The number of amides is 1. The molecule has 1 heterocycles. The zero-order valence-corrected chi connectivity index (χ0v) is 12.3. The Morgan fingerprint density at radius 1 is 1.29 bits per heavy atom. The molecule has 1 aliphatic rings. The number of carboxylic acid groups (broad SMARTS) is 1. The van der Waals surface area contributed by atoms with E-state index in [1.54, 1.807) is 0 Å². The lowest BCUT2D eigenvalue weighted by molar-refractivity contribution is -0.142. The summed E-state index contributed by atoms with van der Waals surface area (Å²) >= 11 is 0. The van der Waals surface area contributed by atoms with Crippen molar-refractivity contribution in [2.75, 3.05) is 20.1 Å². The van der Waals surface area contributed by atoms with Gasteiger partial charge in [-0.3, -0.25) is 4.79 Å². The second-order valence-corrected chi connectivity index (χ2v) is 5.67. The number of hydrogen-bond donors (Lipinski definition) is 2. The quantitative estimate of drug-likeness (QED) is 0.853. The highest BCUT2D eigenvalue weighted by atomic mass is 16.4. The Morgan fingerprint density at radius 2 is 1.90 bits per heavy atom. The molecule has 0 bridgehead atoms. The van der Waals surface area contributed by atoms with Gasteiger partial charge in [0.15, 0.2) is 0 Å². The largest absolute Gasteiger partial charge is 0.480 e. The highest BCUT2D eigenvalue weighted by molar-refractivity contribution is 5.85. The fourth-order valence-electron chi connectivity index (χ4n) is 2.61. The highest BCUT2D eigenvalue weighted by Crippen LogP contribution is 2.16. The van der Waals surface area contributed by atoms with E-state index in [9.17, 15) is 14.7 Å². The Bertz CT molecular complexity index is 482. The van der Waals surface area contributed by atoms with E-state index in [2.05, 4.69) is 10.2 Å². The standard InChI is InChI=1S/C16H22N2O3/c1-18-9-7-13(8-10-18)15(19)17-14(16(20)21)11-12-5-3-2-4-6-12/h2-6,13-14H,7-11H2,1H3,(H,17,19)(H,20,21)/t14-/m0/s1. The van der Waals surface area contributed by atoms with Crippen molar-refractivity contribution in [2.24, 2.45) is 5.92 Å². The van der Waals surface area contributed by atoms with Crippen LogP contribution in [-0.2, 0) is 16.0 Å². The number of hydrogen-bond acceptors (Lipinski definition) is 3. The van der Waals surface area contributed by atoms with Crippen molar-refractivity contribution in [3.8, 4) is 0 Å². The fraction of sp³-hybridized carbons (Fsp3) is 0.500. The van der Waals surface area contributed by atoms with Crippen LogP contribution in [0, 0.1) is 5.92 Å². The SMILES string of the molecule is CN1CCC(C(=O)N[C@@H](Cc2ccccc2)C(=O)O)CC1. The van der Waals surface area contributed by atoms with E-state index in [1.807, 2.05) is 37.4 Å². The second kappa shape index (κ2) is 7.22. The Balaban J connectivity index is 1.93. The number of likely N-dealkylation sites (tertiary alicyclic amines) is 1. The number of nitrogens with zero attached hydrogens (tertiary/aromatic N) is 1. The number of carboxylic acids is 1. The maximum atomic E-state index is 12.2. The van der Waals surface area contributed by atoms with Crippen molar-refractivity contribution < 1.29 is 14.7 Å². The number of nitrogens with one attached hydrogen (secondary N) is 1. The molecule has 1 aromatic rings. The molecule has 21 heavy (non-hydrogen) atoms. The van der Waals surface area contributed by atoms with Crippen LogP contribution in [0.25, 0.3) is 0 Å². The maximum Gasteiger partial charge on any atom is 0.326 e. The van der Waals surface area contributed by atoms with Crippen molar-refractivity contribution in [1.29, 1.82) is 0 Å². The van der Waals surface area contributed by atoms with E-state index in [1.165, 1.54) is 0 Å². The van der Waals surface area contributed by atoms with Gasteiger partial charge in [-0.15, -0.1) is 0 Å². The molecule has 1 fully saturated rings. The Labute approximate surface area is 125 Å². The molecule has 0 unspecified atom stereocenters. The smallest absolute Gasteiger partial charge is 0.326 e. The van der Waals surface area contributed by atoms with Crippen LogP contribution in [0.2, 0.25) is 0 Å². The van der Waals surface area contributed by atoms with Crippen molar-refractivity contribution in [3.05, 3.63) is 35.9 Å². The van der Waals surface area contributed by atoms with E-state index < -0.39 is 12.0 Å². The molecule has 0 spiro atoms. The minimum Gasteiger partial charge on any atom is -0.480 e. The van der Waals surface area contributed by atoms with Crippen molar-refractivity contribution in [1.82, 2.24) is 10.2 Å². The number of piperidine rings is 1. The minimum atomic E-state index is -0.986. The first-order valence-electron chi connectivity index (χ1n) is 7.32. The van der Waals surface area contributed by atoms with Gasteiger partial charge in [-0.2, -0.15) is 0 Å². The van der Waals surface area contributed by atoms with E-state index in [-0.39, 0.29) is 11.8 Å². The highest BCUT2D eigenvalue weighted by Gasteiger charge is 2.27. The van der Waals surface area contributed by atoms with Gasteiger partial charge in [0.2, 0.25) is 5.91 Å². The third kappa shape index (κ3) is 4.56. The van der Waals surface area contributed by atoms with E-state index in [0.717, 1.165) is 31.5 Å². The van der Waals surface area contributed by atoms with Crippen LogP contribution in [0.3, 0.4) is 0 Å². The molecule has 5 nitrogen and oxygen atoms in total. The van der Waals surface area contributed by atoms with Crippen LogP contribution in [0.5, 0.6) is 0 Å². The molecule has 0 radical (unpaired) electrons. The molecule has 0 saturated carbocycles. The maximum absolute atomic E-state index is 12.2. The third-order valence-corrected chi connectivity index (χ3v) is 3.99. The van der Waals surface area contributed by atoms with Crippen molar-refractivity contribution >= 4 is 11.9 Å². The van der Waals surface area contributed by atoms with E-state index >= 15 is 0 Å². The number of carbonyl (C=O) groups excluding carboxylic acids is 1. The molecule has 5 heteroatoms. The molecular weight excluding hydrogens is 268 g/mol. The minimum absolute atomic E-state index is 0.0705. The summed E-state index contributed by atoms with van der Waals surface area (Å²) in [5.41, 5.74) is 0.911. The lowest BCUT2D eigenvalue weighted by atomic mass is 9.95. The van der Waals surface area contributed by atoms with Gasteiger partial charge in [0, 0.05) is 12.3 Å². The molecule has 1 aliphatic heterocycles. The van der Waals surface area contributed by atoms with Gasteiger partial charge in [0.25, 0.3) is 0 Å². The normalized spacial score (nSPS) is 18.1. The lowest BCUT2D eigenvalue weighted by Gasteiger charge is -2.29. The van der Waals surface area contributed by atoms with Gasteiger partial charge in [0.1, 0.15) is 6.04 Å². The van der Waals surface area contributed by atoms with E-state index in [4.69, 9.17) is 0 Å². The van der Waals surface area contributed by atoms with E-state index in [0.29, 0.717) is 6.42 Å². The van der Waals surface area contributed by atoms with Crippen molar-refractivity contribution in [3.63, 3.8) is 0 Å². The van der Waals surface area contributed by atoms with Crippen LogP contribution in [-0.4, -0.2) is 48.1 Å². The Hall–Kier alpha value is -1.88. The van der Waals surface area contributed by atoms with Crippen LogP contribution in [0.4, 0.5) is 0 Å². The summed E-state index contributed by atoms with van der Waals surface area (Å²) in [6, 6.07) is 8.51. The average Bonchev–Trinajstić information content (AvgIpc) is 2.48. The lowest BCUT2D eigenvalue weighted by Crippen LogP contribution is -2.47. The molecule has 2 N–H and O–H groups in total. The van der Waals surface area contributed by atoms with Crippen LogP contribution in [0.1, 0.15) is 18.4 Å². The molecular formula is C16H22N2O3. The summed E-state index contributed by atoms with van der Waals surface area (Å²) in [5, 5.41) is 12.0. The number of benzene rings is 1. The van der Waals surface area contributed by atoms with Crippen LogP contribution >= 0.6 is 0 Å². The first-order chi connectivity index (χ1) is 10.1. The summed E-state index contributed by atoms with van der Waals surface area (Å²) < 4.78 is 0. The van der Waals surface area contributed by atoms with Crippen molar-refractivity contribution in [2.45, 2.75) is 25.3 Å². The number of aliphatic carboxylic acids is 1. The molecule has 0 aliphatic carbocycles.